The van der Waals surface area contributed by atoms with Crippen LogP contribution in [0.5, 0.6) is 11.5 Å². The molecular formula is C19H20ClNO5. The average molecular weight is 378 g/mol. The van der Waals surface area contributed by atoms with Crippen LogP contribution in [0.4, 0.5) is 0 Å². The van der Waals surface area contributed by atoms with Gasteiger partial charge in [-0.15, -0.1) is 0 Å². The largest absolute Gasteiger partial charge is 0.493 e. The molecule has 0 aliphatic heterocycles. The highest BCUT2D eigenvalue weighted by molar-refractivity contribution is 6.30. The van der Waals surface area contributed by atoms with Gasteiger partial charge in [-0.25, -0.2) is 0 Å². The molecule has 0 aliphatic carbocycles. The minimum atomic E-state index is -1.03. The van der Waals surface area contributed by atoms with Gasteiger partial charge < -0.3 is 19.9 Å². The summed E-state index contributed by atoms with van der Waals surface area (Å²) in [5, 5.41) is 12.5. The van der Waals surface area contributed by atoms with Gasteiger partial charge in [0.2, 0.25) is 0 Å². The monoisotopic (exact) mass is 377 g/mol. The summed E-state index contributed by atoms with van der Waals surface area (Å²) in [5.74, 6) is -0.391. The Morgan fingerprint density at radius 3 is 2.42 bits per heavy atom. The number of nitrogens with one attached hydrogen (secondary N) is 1. The Hall–Kier alpha value is -2.73. The van der Waals surface area contributed by atoms with Crippen LogP contribution in [-0.2, 0) is 4.79 Å². The number of carboxylic acids is 1. The molecule has 0 spiro atoms. The maximum absolute atomic E-state index is 12.4. The number of halogens is 1. The molecule has 6 nitrogen and oxygen atoms in total. The summed E-state index contributed by atoms with van der Waals surface area (Å²) < 4.78 is 10.8. The van der Waals surface area contributed by atoms with Crippen molar-refractivity contribution in [2.45, 2.75) is 19.4 Å². The lowest BCUT2D eigenvalue weighted by atomic mass is 10.0. The molecule has 0 unspecified atom stereocenters. The lowest BCUT2D eigenvalue weighted by Crippen LogP contribution is -2.30. The molecule has 0 aliphatic rings. The first kappa shape index (κ1) is 19.6. The first-order chi connectivity index (χ1) is 12.4. The van der Waals surface area contributed by atoms with Gasteiger partial charge in [0.25, 0.3) is 5.91 Å². The highest BCUT2D eigenvalue weighted by atomic mass is 35.5. The van der Waals surface area contributed by atoms with Crippen molar-refractivity contribution in [1.29, 1.82) is 0 Å². The number of hydrogen-bond donors (Lipinski definition) is 2. The molecular weight excluding hydrogens is 358 g/mol. The molecule has 0 bridgehead atoms. The summed E-state index contributed by atoms with van der Waals surface area (Å²) in [6.45, 7) is 2.33. The van der Waals surface area contributed by atoms with Crippen LogP contribution in [0, 0.1) is 0 Å². The third-order valence-electron chi connectivity index (χ3n) is 3.68. The Morgan fingerprint density at radius 1 is 1.15 bits per heavy atom. The normalized spacial score (nSPS) is 11.5. The minimum absolute atomic E-state index is 0.267. The van der Waals surface area contributed by atoms with Crippen LogP contribution in [0.1, 0.15) is 35.3 Å². The first-order valence-electron chi connectivity index (χ1n) is 8.03. The average Bonchev–Trinajstić information content (AvgIpc) is 2.62. The summed E-state index contributed by atoms with van der Waals surface area (Å²) in [5.41, 5.74) is 0.998. The van der Waals surface area contributed by atoms with Crippen LogP contribution in [0.3, 0.4) is 0 Å². The number of carbonyl (C=O) groups excluding carboxylic acids is 1. The Kier molecular flexibility index (Phi) is 6.86. The fourth-order valence-electron chi connectivity index (χ4n) is 2.45. The second kappa shape index (κ2) is 9.10. The van der Waals surface area contributed by atoms with E-state index in [2.05, 4.69) is 5.32 Å². The van der Waals surface area contributed by atoms with Crippen molar-refractivity contribution >= 4 is 23.5 Å². The second-order valence-corrected chi connectivity index (χ2v) is 5.91. The number of aliphatic carboxylic acids is 1. The predicted octanol–water partition coefficient (Wildman–Crippen LogP) is 3.69. The molecule has 0 heterocycles. The second-order valence-electron chi connectivity index (χ2n) is 5.47. The van der Waals surface area contributed by atoms with E-state index in [1.54, 1.807) is 42.5 Å². The van der Waals surface area contributed by atoms with Crippen LogP contribution in [0.15, 0.2) is 42.5 Å². The number of benzene rings is 2. The van der Waals surface area contributed by atoms with Crippen molar-refractivity contribution in [3.05, 3.63) is 58.6 Å². The van der Waals surface area contributed by atoms with Crippen molar-refractivity contribution in [3.63, 3.8) is 0 Å². The topological polar surface area (TPSA) is 84.9 Å². The molecule has 2 N–H and O–H groups in total. The summed E-state index contributed by atoms with van der Waals surface area (Å²) in [6.07, 6.45) is -0.267. The summed E-state index contributed by atoms with van der Waals surface area (Å²) in [4.78, 5) is 23.7. The number of amides is 1. The van der Waals surface area contributed by atoms with Crippen LogP contribution in [0.2, 0.25) is 5.02 Å². The van der Waals surface area contributed by atoms with Crippen molar-refractivity contribution in [3.8, 4) is 11.5 Å². The van der Waals surface area contributed by atoms with E-state index in [4.69, 9.17) is 21.1 Å². The summed E-state index contributed by atoms with van der Waals surface area (Å²) in [7, 11) is 1.50. The summed E-state index contributed by atoms with van der Waals surface area (Å²) >= 11 is 5.83. The molecule has 26 heavy (non-hydrogen) atoms. The van der Waals surface area contributed by atoms with Crippen LogP contribution < -0.4 is 14.8 Å². The number of hydrogen-bond acceptors (Lipinski definition) is 4. The van der Waals surface area contributed by atoms with Gasteiger partial charge in [-0.2, -0.15) is 0 Å². The molecule has 1 atom stereocenters. The van der Waals surface area contributed by atoms with Crippen molar-refractivity contribution in [2.24, 2.45) is 0 Å². The number of rotatable bonds is 8. The zero-order valence-electron chi connectivity index (χ0n) is 14.5. The SMILES string of the molecule is CCOc1ccc([C@H](CC(=O)O)NC(=O)c2ccc(Cl)cc2)cc1OC. The van der Waals surface area contributed by atoms with E-state index < -0.39 is 12.0 Å². The number of carboxylic acid groups (broad SMARTS) is 1. The van der Waals surface area contributed by atoms with Gasteiger partial charge in [-0.3, -0.25) is 9.59 Å². The molecule has 7 heteroatoms. The van der Waals surface area contributed by atoms with Crippen molar-refractivity contribution < 1.29 is 24.2 Å². The predicted molar refractivity (Wildman–Crippen MR) is 98.1 cm³/mol. The van der Waals surface area contributed by atoms with Gasteiger partial charge >= 0.3 is 5.97 Å². The molecule has 0 saturated heterocycles. The van der Waals surface area contributed by atoms with E-state index in [0.29, 0.717) is 34.3 Å². The molecule has 0 radical (unpaired) electrons. The van der Waals surface area contributed by atoms with Crippen LogP contribution in [-0.4, -0.2) is 30.7 Å². The third-order valence-corrected chi connectivity index (χ3v) is 3.93. The molecule has 2 aromatic rings. The van der Waals surface area contributed by atoms with E-state index in [-0.39, 0.29) is 12.3 Å². The molecule has 2 rings (SSSR count). The van der Waals surface area contributed by atoms with E-state index in [1.807, 2.05) is 6.92 Å². The molecule has 1 amide bonds. The number of methoxy groups -OCH3 is 1. The first-order valence-corrected chi connectivity index (χ1v) is 8.41. The maximum atomic E-state index is 12.4. The maximum Gasteiger partial charge on any atom is 0.305 e. The number of ether oxygens (including phenoxy) is 2. The Labute approximate surface area is 156 Å². The summed E-state index contributed by atoms with van der Waals surface area (Å²) in [6, 6.07) is 10.7. The van der Waals surface area contributed by atoms with Gasteiger partial charge in [0.05, 0.1) is 26.2 Å². The smallest absolute Gasteiger partial charge is 0.305 e. The fraction of sp³-hybridized carbons (Fsp3) is 0.263. The van der Waals surface area contributed by atoms with E-state index in [1.165, 1.54) is 7.11 Å². The lowest BCUT2D eigenvalue weighted by molar-refractivity contribution is -0.137. The molecule has 0 fully saturated rings. The highest BCUT2D eigenvalue weighted by Gasteiger charge is 2.20. The Bertz CT molecular complexity index is 776. The minimum Gasteiger partial charge on any atom is -0.493 e. The Morgan fingerprint density at radius 2 is 1.85 bits per heavy atom. The third kappa shape index (κ3) is 5.13. The fourth-order valence-corrected chi connectivity index (χ4v) is 2.57. The van der Waals surface area contributed by atoms with E-state index in [0.717, 1.165) is 0 Å². The van der Waals surface area contributed by atoms with Crippen molar-refractivity contribution in [2.75, 3.05) is 13.7 Å². The van der Waals surface area contributed by atoms with Gasteiger partial charge in [0.15, 0.2) is 11.5 Å². The van der Waals surface area contributed by atoms with E-state index in [9.17, 15) is 14.7 Å². The quantitative estimate of drug-likeness (QED) is 0.732. The molecule has 138 valence electrons. The van der Waals surface area contributed by atoms with Crippen LogP contribution in [0.25, 0.3) is 0 Å². The van der Waals surface area contributed by atoms with E-state index >= 15 is 0 Å². The molecule has 0 saturated carbocycles. The number of carbonyl (C=O) groups is 2. The van der Waals surface area contributed by atoms with Crippen molar-refractivity contribution in [1.82, 2.24) is 5.32 Å². The van der Waals surface area contributed by atoms with Gasteiger partial charge in [0.1, 0.15) is 0 Å². The highest BCUT2D eigenvalue weighted by Crippen LogP contribution is 2.31. The van der Waals surface area contributed by atoms with Gasteiger partial charge in [-0.05, 0) is 48.9 Å². The lowest BCUT2D eigenvalue weighted by Gasteiger charge is -2.19. The Balaban J connectivity index is 2.27. The van der Waals surface area contributed by atoms with Gasteiger partial charge in [-0.1, -0.05) is 17.7 Å². The van der Waals surface area contributed by atoms with Gasteiger partial charge in [0, 0.05) is 10.6 Å². The van der Waals surface area contributed by atoms with Crippen LogP contribution >= 0.6 is 11.6 Å². The standard InChI is InChI=1S/C19H20ClNO5/c1-3-26-16-9-6-13(10-17(16)25-2)15(11-18(22)23)21-19(24)12-4-7-14(20)8-5-12/h4-10,15H,3,11H2,1-2H3,(H,21,24)(H,22,23)/t15-/m0/s1. The zero-order valence-corrected chi connectivity index (χ0v) is 15.2. The molecule has 0 aromatic heterocycles. The molecule has 2 aromatic carbocycles. The zero-order chi connectivity index (χ0) is 19.1.